The van der Waals surface area contributed by atoms with E-state index in [1.54, 1.807) is 0 Å². The predicted octanol–water partition coefficient (Wildman–Crippen LogP) is 14.9. The van der Waals surface area contributed by atoms with Gasteiger partial charge in [-0.25, -0.2) is 0 Å². The second-order valence-electron chi connectivity index (χ2n) is 13.7. The van der Waals surface area contributed by atoms with Gasteiger partial charge in [0.05, 0.1) is 0 Å². The molecule has 10 rings (SSSR count). The Morgan fingerprint density at radius 1 is 0.296 bits per heavy atom. The smallest absolute Gasteiger partial charge is 0.143 e. The monoisotopic (exact) mass is 689 g/mol. The number of nitrogens with zero attached hydrogens (tertiary/aromatic N) is 1. The number of furan rings is 1. The van der Waals surface area contributed by atoms with Crippen LogP contribution in [0.15, 0.2) is 217 Å². The van der Waals surface area contributed by atoms with Gasteiger partial charge >= 0.3 is 0 Å². The molecule has 2 heteroatoms. The maximum atomic E-state index is 6.46. The van der Waals surface area contributed by atoms with Gasteiger partial charge < -0.3 is 9.32 Å². The minimum atomic E-state index is 0.910. The van der Waals surface area contributed by atoms with E-state index in [2.05, 4.69) is 217 Å². The predicted molar refractivity (Wildman–Crippen MR) is 228 cm³/mol. The molecule has 0 aliphatic heterocycles. The highest BCUT2D eigenvalue weighted by molar-refractivity contribution is 6.19. The van der Waals surface area contributed by atoms with Gasteiger partial charge in [-0.2, -0.15) is 0 Å². The molecule has 0 saturated carbocycles. The first-order valence-corrected chi connectivity index (χ1v) is 18.4. The molecule has 0 aliphatic carbocycles. The first kappa shape index (κ1) is 31.6. The van der Waals surface area contributed by atoms with Crippen molar-refractivity contribution in [3.8, 4) is 44.5 Å². The number of anilines is 3. The summed E-state index contributed by atoms with van der Waals surface area (Å²) in [6.45, 7) is 0. The van der Waals surface area contributed by atoms with Crippen molar-refractivity contribution in [1.29, 1.82) is 0 Å². The van der Waals surface area contributed by atoms with Crippen molar-refractivity contribution < 1.29 is 4.42 Å². The molecular formula is C52H35NO. The second-order valence-corrected chi connectivity index (χ2v) is 13.7. The van der Waals surface area contributed by atoms with Crippen molar-refractivity contribution in [2.24, 2.45) is 0 Å². The lowest BCUT2D eigenvalue weighted by molar-refractivity contribution is 0.673. The van der Waals surface area contributed by atoms with Crippen LogP contribution in [0.1, 0.15) is 0 Å². The SMILES string of the molecule is c1ccc(-c2ccc(N(c3ccc(-c4ccccc4)cc3)c3ccc(-c4ccc(-c5cccc6oc7c8ccccc8ccc7c56)cc4)cc3)cc2)cc1. The third-order valence-electron chi connectivity index (χ3n) is 10.5. The number of fused-ring (bicyclic) bond motifs is 5. The number of hydrogen-bond acceptors (Lipinski definition) is 2. The summed E-state index contributed by atoms with van der Waals surface area (Å²) >= 11 is 0. The van der Waals surface area contributed by atoms with Crippen LogP contribution in [-0.2, 0) is 0 Å². The maximum Gasteiger partial charge on any atom is 0.143 e. The van der Waals surface area contributed by atoms with Crippen LogP contribution in [0.25, 0.3) is 77.2 Å². The van der Waals surface area contributed by atoms with E-state index in [9.17, 15) is 0 Å². The molecule has 0 atom stereocenters. The molecule has 0 unspecified atom stereocenters. The third kappa shape index (κ3) is 5.71. The molecule has 0 radical (unpaired) electrons. The topological polar surface area (TPSA) is 16.4 Å². The summed E-state index contributed by atoms with van der Waals surface area (Å²) in [5.74, 6) is 0. The van der Waals surface area contributed by atoms with Gasteiger partial charge in [0.1, 0.15) is 11.2 Å². The van der Waals surface area contributed by atoms with Gasteiger partial charge in [-0.15, -0.1) is 0 Å². The standard InChI is InChI=1S/C52H35NO/c1-3-10-36(11-4-1)39-22-29-44(30-23-39)53(45-31-24-40(25-32-45)37-12-5-2-6-13-37)46-33-26-41(27-34-46)38-18-20-43(21-19-38)47-16-9-17-50-51(47)49-35-28-42-14-7-8-15-48(42)52(49)54-50/h1-35H. The molecular weight excluding hydrogens is 655 g/mol. The lowest BCUT2D eigenvalue weighted by Crippen LogP contribution is -2.09. The Labute approximate surface area is 314 Å². The first-order valence-electron chi connectivity index (χ1n) is 18.4. The summed E-state index contributed by atoms with van der Waals surface area (Å²) in [5.41, 5.74) is 14.7. The van der Waals surface area contributed by atoms with Crippen molar-refractivity contribution in [1.82, 2.24) is 0 Å². The first-order chi connectivity index (χ1) is 26.8. The van der Waals surface area contributed by atoms with Crippen molar-refractivity contribution in [2.45, 2.75) is 0 Å². The fraction of sp³-hybridized carbons (Fsp3) is 0. The van der Waals surface area contributed by atoms with Gasteiger partial charge in [0.2, 0.25) is 0 Å². The molecule has 0 spiro atoms. The van der Waals surface area contributed by atoms with Crippen LogP contribution in [0.5, 0.6) is 0 Å². The lowest BCUT2D eigenvalue weighted by atomic mass is 9.96. The van der Waals surface area contributed by atoms with Crippen molar-refractivity contribution in [2.75, 3.05) is 4.90 Å². The van der Waals surface area contributed by atoms with Crippen molar-refractivity contribution in [3.63, 3.8) is 0 Å². The van der Waals surface area contributed by atoms with Gasteiger partial charge in [0.25, 0.3) is 0 Å². The fourth-order valence-electron chi connectivity index (χ4n) is 7.75. The third-order valence-corrected chi connectivity index (χ3v) is 10.5. The zero-order valence-electron chi connectivity index (χ0n) is 29.6. The van der Waals surface area contributed by atoms with Crippen LogP contribution < -0.4 is 4.90 Å². The highest BCUT2D eigenvalue weighted by atomic mass is 16.3. The Balaban J connectivity index is 0.980. The molecule has 0 saturated heterocycles. The fourth-order valence-corrected chi connectivity index (χ4v) is 7.75. The molecule has 254 valence electrons. The summed E-state index contributed by atoms with van der Waals surface area (Å²) in [6, 6.07) is 75.7. The van der Waals surface area contributed by atoms with E-state index < -0.39 is 0 Å². The molecule has 0 aliphatic rings. The molecule has 0 fully saturated rings. The molecule has 0 bridgehead atoms. The van der Waals surface area contributed by atoms with E-state index >= 15 is 0 Å². The van der Waals surface area contributed by atoms with Gasteiger partial charge in [-0.1, -0.05) is 164 Å². The molecule has 0 N–H and O–H groups in total. The van der Waals surface area contributed by atoms with Crippen LogP contribution in [0.3, 0.4) is 0 Å². The molecule has 54 heavy (non-hydrogen) atoms. The molecule has 0 amide bonds. The number of rotatable bonds is 7. The minimum Gasteiger partial charge on any atom is -0.455 e. The van der Waals surface area contributed by atoms with E-state index in [1.165, 1.54) is 49.9 Å². The Bertz CT molecular complexity index is 2790. The van der Waals surface area contributed by atoms with Gasteiger partial charge in [-0.3, -0.25) is 0 Å². The molecule has 10 aromatic rings. The van der Waals surface area contributed by atoms with Gasteiger partial charge in [-0.05, 0) is 98.4 Å². The molecule has 2 nitrogen and oxygen atoms in total. The summed E-state index contributed by atoms with van der Waals surface area (Å²) in [6.07, 6.45) is 0. The Kier molecular flexibility index (Phi) is 7.85. The van der Waals surface area contributed by atoms with Crippen LogP contribution in [0.2, 0.25) is 0 Å². The number of hydrogen-bond donors (Lipinski definition) is 0. The van der Waals surface area contributed by atoms with Gasteiger partial charge in [0.15, 0.2) is 0 Å². The lowest BCUT2D eigenvalue weighted by Gasteiger charge is -2.26. The van der Waals surface area contributed by atoms with Crippen LogP contribution in [0, 0.1) is 0 Å². The van der Waals surface area contributed by atoms with Gasteiger partial charge in [0, 0.05) is 33.2 Å². The summed E-state index contributed by atoms with van der Waals surface area (Å²) in [5, 5.41) is 4.63. The molecule has 9 aromatic carbocycles. The van der Waals surface area contributed by atoms with Crippen molar-refractivity contribution >= 4 is 49.8 Å². The Morgan fingerprint density at radius 3 is 1.28 bits per heavy atom. The summed E-state index contributed by atoms with van der Waals surface area (Å²) < 4.78 is 6.46. The van der Waals surface area contributed by atoms with E-state index in [0.29, 0.717) is 0 Å². The quantitative estimate of drug-likeness (QED) is 0.166. The average Bonchev–Trinajstić information content (AvgIpc) is 3.65. The van der Waals surface area contributed by atoms with E-state index in [4.69, 9.17) is 4.42 Å². The normalized spacial score (nSPS) is 11.3. The highest BCUT2D eigenvalue weighted by Gasteiger charge is 2.16. The second kappa shape index (κ2) is 13.4. The Hall–Kier alpha value is -7.16. The Morgan fingerprint density at radius 2 is 0.741 bits per heavy atom. The summed E-state index contributed by atoms with van der Waals surface area (Å²) in [7, 11) is 0. The zero-order chi connectivity index (χ0) is 35.8. The van der Waals surface area contributed by atoms with E-state index in [0.717, 1.165) is 44.4 Å². The molecule has 1 aromatic heterocycles. The number of benzene rings is 9. The minimum absolute atomic E-state index is 0.910. The van der Waals surface area contributed by atoms with Crippen molar-refractivity contribution in [3.05, 3.63) is 212 Å². The largest absolute Gasteiger partial charge is 0.455 e. The summed E-state index contributed by atoms with van der Waals surface area (Å²) in [4.78, 5) is 2.33. The van der Waals surface area contributed by atoms with E-state index in [-0.39, 0.29) is 0 Å². The van der Waals surface area contributed by atoms with Crippen LogP contribution in [0.4, 0.5) is 17.1 Å². The average molecular weight is 690 g/mol. The van der Waals surface area contributed by atoms with Crippen LogP contribution in [-0.4, -0.2) is 0 Å². The highest BCUT2D eigenvalue weighted by Crippen LogP contribution is 2.41. The van der Waals surface area contributed by atoms with E-state index in [1.807, 2.05) is 0 Å². The van der Waals surface area contributed by atoms with Crippen LogP contribution >= 0.6 is 0 Å². The molecule has 1 heterocycles. The zero-order valence-corrected chi connectivity index (χ0v) is 29.6. The maximum absolute atomic E-state index is 6.46.